The predicted molar refractivity (Wildman–Crippen MR) is 90.1 cm³/mol. The van der Waals surface area contributed by atoms with Gasteiger partial charge in [0.25, 0.3) is 0 Å². The normalized spacial score (nSPS) is 14.6. The number of carboxylic acids is 3. The van der Waals surface area contributed by atoms with E-state index in [2.05, 4.69) is 0 Å². The van der Waals surface area contributed by atoms with Crippen LogP contribution in [0.15, 0.2) is 0 Å². The Balaban J connectivity index is 5.29. The fourth-order valence-electron chi connectivity index (χ4n) is 1.86. The Hall–Kier alpha value is -3.30. The van der Waals surface area contributed by atoms with Gasteiger partial charge in [0, 0.05) is 0 Å². The molecule has 0 aromatic heterocycles. The second-order valence-electron chi connectivity index (χ2n) is 5.69. The van der Waals surface area contributed by atoms with Gasteiger partial charge < -0.3 is 47.2 Å². The van der Waals surface area contributed by atoms with Gasteiger partial charge in [0.2, 0.25) is 17.7 Å². The number of aliphatic hydroxyl groups is 2. The Labute approximate surface area is 162 Å². The number of carbonyl (C=O) groups excluding carboxylic acids is 3. The molecule has 0 saturated heterocycles. The van der Waals surface area contributed by atoms with Crippen molar-refractivity contribution < 1.29 is 54.3 Å². The van der Waals surface area contributed by atoms with Crippen LogP contribution in [-0.4, -0.2) is 98.5 Å². The van der Waals surface area contributed by atoms with Gasteiger partial charge in [0.15, 0.2) is 0 Å². The molecule has 0 spiro atoms. The molecule has 3 amide bonds. The first-order valence-corrected chi connectivity index (χ1v) is 7.97. The van der Waals surface area contributed by atoms with Crippen LogP contribution < -0.4 is 21.7 Å². The summed E-state index contributed by atoms with van der Waals surface area (Å²) < 4.78 is 0. The van der Waals surface area contributed by atoms with Crippen LogP contribution in [-0.2, 0) is 28.8 Å². The van der Waals surface area contributed by atoms with Crippen LogP contribution in [0.1, 0.15) is 12.8 Å². The summed E-state index contributed by atoms with van der Waals surface area (Å²) in [6.07, 6.45) is -2.03. The number of aliphatic carboxylic acids is 3. The summed E-state index contributed by atoms with van der Waals surface area (Å²) in [5.41, 5.74) is 5.24. The van der Waals surface area contributed by atoms with Crippen LogP contribution in [0.4, 0.5) is 0 Å². The Kier molecular flexibility index (Phi) is 10.8. The summed E-state index contributed by atoms with van der Waals surface area (Å²) in [6.45, 7) is -1.75. The molecule has 0 bridgehead atoms. The first-order chi connectivity index (χ1) is 13.4. The monoisotopic (exact) mass is 422 g/mol. The third kappa shape index (κ3) is 9.45. The van der Waals surface area contributed by atoms with E-state index in [4.69, 9.17) is 26.2 Å². The number of amides is 3. The highest BCUT2D eigenvalue weighted by Gasteiger charge is 2.32. The molecule has 0 unspecified atom stereocenters. The second kappa shape index (κ2) is 12.2. The van der Waals surface area contributed by atoms with Crippen molar-refractivity contribution in [1.82, 2.24) is 16.0 Å². The maximum Gasteiger partial charge on any atom is 0.326 e. The van der Waals surface area contributed by atoms with Gasteiger partial charge in [-0.15, -0.1) is 0 Å². The van der Waals surface area contributed by atoms with Crippen LogP contribution >= 0.6 is 0 Å². The minimum Gasteiger partial charge on any atom is -0.481 e. The molecule has 0 aliphatic rings. The summed E-state index contributed by atoms with van der Waals surface area (Å²) in [5.74, 6) is -8.38. The smallest absolute Gasteiger partial charge is 0.326 e. The zero-order chi connectivity index (χ0) is 22.7. The largest absolute Gasteiger partial charge is 0.481 e. The summed E-state index contributed by atoms with van der Waals surface area (Å²) in [6, 6.07) is -6.84. The van der Waals surface area contributed by atoms with Gasteiger partial charge in [-0.2, -0.15) is 0 Å². The molecule has 164 valence electrons. The number of carboxylic acid groups (broad SMARTS) is 3. The molecule has 0 saturated carbocycles. The van der Waals surface area contributed by atoms with E-state index < -0.39 is 85.9 Å². The van der Waals surface area contributed by atoms with Crippen molar-refractivity contribution in [3.8, 4) is 0 Å². The number of hydrogen-bond donors (Lipinski definition) is 9. The molecule has 4 atom stereocenters. The average molecular weight is 422 g/mol. The number of nitrogens with two attached hydrogens (primary N) is 1. The van der Waals surface area contributed by atoms with Crippen molar-refractivity contribution in [2.45, 2.75) is 37.0 Å². The van der Waals surface area contributed by atoms with E-state index in [0.29, 0.717) is 0 Å². The standard InChI is InChI=1S/C14H22N4O11/c15-5(3-19)11(25)18-8(4-20)13(27)16-6(1-9(21)22)12(26)17-7(14(28)29)2-10(23)24/h5-8,19-20H,1-4,15H2,(H,16,27)(H,17,26)(H,18,25)(H,21,22)(H,23,24)(H,28,29)/t5-,6-,7-,8-/m0/s1. The fraction of sp³-hybridized carbons (Fsp3) is 0.571. The van der Waals surface area contributed by atoms with Crippen LogP contribution in [0.2, 0.25) is 0 Å². The fourth-order valence-corrected chi connectivity index (χ4v) is 1.86. The lowest BCUT2D eigenvalue weighted by molar-refractivity contribution is -0.148. The first-order valence-electron chi connectivity index (χ1n) is 7.97. The maximum absolute atomic E-state index is 12.1. The van der Waals surface area contributed by atoms with Gasteiger partial charge >= 0.3 is 17.9 Å². The SMILES string of the molecule is N[C@@H](CO)C(=O)N[C@@H](CO)C(=O)N[C@@H](CC(=O)O)C(=O)N[C@@H](CC(=O)O)C(=O)O. The molecular formula is C14H22N4O11. The minimum atomic E-state index is -1.90. The van der Waals surface area contributed by atoms with Crippen LogP contribution in [0.5, 0.6) is 0 Å². The molecular weight excluding hydrogens is 400 g/mol. The van der Waals surface area contributed by atoms with E-state index in [1.165, 1.54) is 0 Å². The first kappa shape index (κ1) is 25.7. The molecule has 0 rings (SSSR count). The Morgan fingerprint density at radius 2 is 1.07 bits per heavy atom. The summed E-state index contributed by atoms with van der Waals surface area (Å²) in [5, 5.41) is 50.1. The molecule has 0 aromatic carbocycles. The Bertz CT molecular complexity index is 653. The minimum absolute atomic E-state index is 0.768. The quantitative estimate of drug-likeness (QED) is 0.135. The van der Waals surface area contributed by atoms with Crippen LogP contribution in [0, 0.1) is 0 Å². The molecule has 0 radical (unpaired) electrons. The molecule has 0 aliphatic heterocycles. The van der Waals surface area contributed by atoms with Gasteiger partial charge in [-0.05, 0) is 0 Å². The van der Waals surface area contributed by atoms with Gasteiger partial charge in [-0.1, -0.05) is 0 Å². The summed E-state index contributed by atoms with van der Waals surface area (Å²) in [4.78, 5) is 68.5. The topological polar surface area (TPSA) is 266 Å². The van der Waals surface area contributed by atoms with E-state index in [-0.39, 0.29) is 0 Å². The van der Waals surface area contributed by atoms with E-state index in [9.17, 15) is 33.9 Å². The van der Waals surface area contributed by atoms with Crippen molar-refractivity contribution in [2.24, 2.45) is 5.73 Å². The lowest BCUT2D eigenvalue weighted by Crippen LogP contribution is -2.58. The highest BCUT2D eigenvalue weighted by atomic mass is 16.4. The Morgan fingerprint density at radius 3 is 1.48 bits per heavy atom. The lowest BCUT2D eigenvalue weighted by Gasteiger charge is -2.23. The van der Waals surface area contributed by atoms with Crippen LogP contribution in [0.3, 0.4) is 0 Å². The average Bonchev–Trinajstić information content (AvgIpc) is 2.62. The second-order valence-corrected chi connectivity index (χ2v) is 5.69. The van der Waals surface area contributed by atoms with E-state index in [1.807, 2.05) is 10.6 Å². The Morgan fingerprint density at radius 1 is 0.655 bits per heavy atom. The molecule has 15 heteroatoms. The van der Waals surface area contributed by atoms with E-state index >= 15 is 0 Å². The molecule has 29 heavy (non-hydrogen) atoms. The molecule has 10 N–H and O–H groups in total. The molecule has 0 aliphatic carbocycles. The highest BCUT2D eigenvalue weighted by molar-refractivity contribution is 5.96. The summed E-state index contributed by atoms with van der Waals surface area (Å²) >= 11 is 0. The predicted octanol–water partition coefficient (Wildman–Crippen LogP) is -5.21. The number of carbonyl (C=O) groups is 6. The third-order valence-electron chi connectivity index (χ3n) is 3.35. The van der Waals surface area contributed by atoms with Crippen molar-refractivity contribution in [3.63, 3.8) is 0 Å². The number of nitrogens with one attached hydrogen (secondary N) is 3. The number of rotatable bonds is 13. The van der Waals surface area contributed by atoms with Gasteiger partial charge in [-0.25, -0.2) is 4.79 Å². The van der Waals surface area contributed by atoms with Crippen molar-refractivity contribution in [1.29, 1.82) is 0 Å². The third-order valence-corrected chi connectivity index (χ3v) is 3.35. The molecule has 15 nitrogen and oxygen atoms in total. The highest BCUT2D eigenvalue weighted by Crippen LogP contribution is 2.00. The van der Waals surface area contributed by atoms with E-state index in [0.717, 1.165) is 0 Å². The zero-order valence-electron chi connectivity index (χ0n) is 14.9. The number of hydrogen-bond acceptors (Lipinski definition) is 9. The maximum atomic E-state index is 12.1. The van der Waals surface area contributed by atoms with Gasteiger partial charge in [0.1, 0.15) is 24.2 Å². The zero-order valence-corrected chi connectivity index (χ0v) is 14.9. The van der Waals surface area contributed by atoms with Crippen molar-refractivity contribution >= 4 is 35.6 Å². The lowest BCUT2D eigenvalue weighted by atomic mass is 10.1. The van der Waals surface area contributed by atoms with Gasteiger partial charge in [-0.3, -0.25) is 24.0 Å². The van der Waals surface area contributed by atoms with Crippen molar-refractivity contribution in [3.05, 3.63) is 0 Å². The summed E-state index contributed by atoms with van der Waals surface area (Å²) in [7, 11) is 0. The van der Waals surface area contributed by atoms with E-state index in [1.54, 1.807) is 5.32 Å². The van der Waals surface area contributed by atoms with Crippen molar-refractivity contribution in [2.75, 3.05) is 13.2 Å². The molecule has 0 heterocycles. The molecule has 0 aromatic rings. The van der Waals surface area contributed by atoms with Gasteiger partial charge in [0.05, 0.1) is 26.1 Å². The molecule has 0 fully saturated rings. The number of aliphatic hydroxyl groups excluding tert-OH is 2. The van der Waals surface area contributed by atoms with Crippen LogP contribution in [0.25, 0.3) is 0 Å².